The van der Waals surface area contributed by atoms with Crippen LogP contribution in [0.5, 0.6) is 0 Å². The maximum Gasteiger partial charge on any atom is 0.218 e. The van der Waals surface area contributed by atoms with E-state index in [0.717, 1.165) is 12.8 Å². The fourth-order valence-electron chi connectivity index (χ4n) is 1.73. The number of rotatable bonds is 3. The molecule has 0 aromatic rings. The average Bonchev–Trinajstić information content (AvgIpc) is 2.16. The minimum absolute atomic E-state index is 0.298. The Labute approximate surface area is 86.0 Å². The van der Waals surface area contributed by atoms with E-state index in [2.05, 4.69) is 6.92 Å². The van der Waals surface area contributed by atoms with E-state index in [4.69, 9.17) is 5.11 Å². The first-order valence-corrected chi connectivity index (χ1v) is 6.58. The van der Waals surface area contributed by atoms with E-state index in [1.54, 1.807) is 6.92 Å². The lowest BCUT2D eigenvalue weighted by molar-refractivity contribution is 0.262. The number of sulfonamides is 1. The molecule has 0 aromatic heterocycles. The summed E-state index contributed by atoms with van der Waals surface area (Å²) < 4.78 is 25.2. The van der Waals surface area contributed by atoms with Crippen molar-refractivity contribution in [2.24, 2.45) is 5.92 Å². The molecule has 1 heterocycles. The lowest BCUT2D eigenvalue weighted by Crippen LogP contribution is -2.44. The molecule has 2 atom stereocenters. The van der Waals surface area contributed by atoms with Crippen LogP contribution < -0.4 is 0 Å². The van der Waals surface area contributed by atoms with Gasteiger partial charge in [0.15, 0.2) is 0 Å². The van der Waals surface area contributed by atoms with Crippen molar-refractivity contribution in [2.75, 3.05) is 19.7 Å². The molecule has 2 unspecified atom stereocenters. The minimum atomic E-state index is -3.26. The molecule has 1 aliphatic heterocycles. The summed E-state index contributed by atoms with van der Waals surface area (Å²) in [5, 5.41) is 8.19. The Kier molecular flexibility index (Phi) is 3.92. The Morgan fingerprint density at radius 1 is 1.57 bits per heavy atom. The molecule has 0 saturated carbocycles. The zero-order valence-electron chi connectivity index (χ0n) is 8.81. The van der Waals surface area contributed by atoms with Crippen LogP contribution in [0.25, 0.3) is 0 Å². The molecule has 1 fully saturated rings. The Morgan fingerprint density at radius 2 is 2.21 bits per heavy atom. The van der Waals surface area contributed by atoms with Gasteiger partial charge >= 0.3 is 0 Å². The zero-order chi connectivity index (χ0) is 10.8. The summed E-state index contributed by atoms with van der Waals surface area (Å²) in [7, 11) is -3.26. The molecule has 0 amide bonds. The highest BCUT2D eigenvalue weighted by molar-refractivity contribution is 7.89. The van der Waals surface area contributed by atoms with E-state index in [9.17, 15) is 8.42 Å². The summed E-state index contributed by atoms with van der Waals surface area (Å²) in [4.78, 5) is 0. The first kappa shape index (κ1) is 11.9. The topological polar surface area (TPSA) is 57.6 Å². The van der Waals surface area contributed by atoms with Gasteiger partial charge in [-0.15, -0.1) is 0 Å². The monoisotopic (exact) mass is 221 g/mol. The van der Waals surface area contributed by atoms with Crippen LogP contribution in [0, 0.1) is 5.92 Å². The van der Waals surface area contributed by atoms with Crippen molar-refractivity contribution < 1.29 is 13.5 Å². The van der Waals surface area contributed by atoms with Crippen molar-refractivity contribution in [3.63, 3.8) is 0 Å². The van der Waals surface area contributed by atoms with Gasteiger partial charge < -0.3 is 5.11 Å². The fraction of sp³-hybridized carbons (Fsp3) is 1.00. The highest BCUT2D eigenvalue weighted by atomic mass is 32.2. The summed E-state index contributed by atoms with van der Waals surface area (Å²) >= 11 is 0. The van der Waals surface area contributed by atoms with E-state index in [1.807, 2.05) is 0 Å². The highest BCUT2D eigenvalue weighted by Crippen LogP contribution is 2.20. The maximum atomic E-state index is 11.8. The first-order chi connectivity index (χ1) is 6.48. The normalized spacial score (nSPS) is 27.5. The van der Waals surface area contributed by atoms with Gasteiger partial charge in [-0.25, -0.2) is 12.7 Å². The molecule has 1 aliphatic rings. The molecule has 1 rings (SSSR count). The van der Waals surface area contributed by atoms with E-state index in [0.29, 0.717) is 19.0 Å². The summed E-state index contributed by atoms with van der Waals surface area (Å²) in [5.74, 6) is 0.435. The van der Waals surface area contributed by atoms with Gasteiger partial charge in [-0.05, 0) is 25.7 Å². The standard InChI is InChI=1S/C9H19NO3S/c1-8-4-3-5-10(6-8)14(12,13)9(2)7-11/h8-9,11H,3-7H2,1-2H3. The molecule has 0 spiro atoms. The number of piperidine rings is 1. The minimum Gasteiger partial charge on any atom is -0.395 e. The number of hydrogen-bond donors (Lipinski definition) is 1. The van der Waals surface area contributed by atoms with Crippen LogP contribution >= 0.6 is 0 Å². The number of hydrogen-bond acceptors (Lipinski definition) is 3. The highest BCUT2D eigenvalue weighted by Gasteiger charge is 2.31. The molecule has 0 bridgehead atoms. The molecule has 5 heteroatoms. The van der Waals surface area contributed by atoms with Crippen molar-refractivity contribution in [1.29, 1.82) is 0 Å². The lowest BCUT2D eigenvalue weighted by Gasteiger charge is -2.31. The second-order valence-corrected chi connectivity index (χ2v) is 6.49. The molecule has 4 nitrogen and oxygen atoms in total. The van der Waals surface area contributed by atoms with Crippen LogP contribution in [0.3, 0.4) is 0 Å². The van der Waals surface area contributed by atoms with Gasteiger partial charge in [-0.1, -0.05) is 6.92 Å². The quantitative estimate of drug-likeness (QED) is 0.752. The molecule has 0 aliphatic carbocycles. The summed E-state index contributed by atoms with van der Waals surface area (Å²) in [6, 6.07) is 0. The second kappa shape index (κ2) is 4.59. The summed E-state index contributed by atoms with van der Waals surface area (Å²) in [5.41, 5.74) is 0. The van der Waals surface area contributed by atoms with Gasteiger partial charge in [0.05, 0.1) is 11.9 Å². The first-order valence-electron chi connectivity index (χ1n) is 5.08. The number of aliphatic hydroxyl groups excluding tert-OH is 1. The van der Waals surface area contributed by atoms with Crippen LogP contribution in [0.15, 0.2) is 0 Å². The van der Waals surface area contributed by atoms with Crippen molar-refractivity contribution in [1.82, 2.24) is 4.31 Å². The van der Waals surface area contributed by atoms with Crippen LogP contribution in [0.2, 0.25) is 0 Å². The Morgan fingerprint density at radius 3 is 2.71 bits per heavy atom. The summed E-state index contributed by atoms with van der Waals surface area (Å²) in [6.45, 7) is 4.52. The van der Waals surface area contributed by atoms with Gasteiger partial charge in [0.1, 0.15) is 0 Å². The third-order valence-electron chi connectivity index (χ3n) is 2.75. The molecule has 84 valence electrons. The van der Waals surface area contributed by atoms with Crippen molar-refractivity contribution in [3.05, 3.63) is 0 Å². The van der Waals surface area contributed by atoms with E-state index in [1.165, 1.54) is 4.31 Å². The predicted molar refractivity (Wildman–Crippen MR) is 55.4 cm³/mol. The van der Waals surface area contributed by atoms with Crippen molar-refractivity contribution >= 4 is 10.0 Å². The van der Waals surface area contributed by atoms with E-state index in [-0.39, 0.29) is 6.61 Å². The lowest BCUT2D eigenvalue weighted by atomic mass is 10.0. The van der Waals surface area contributed by atoms with Crippen LogP contribution in [-0.4, -0.2) is 42.8 Å². The molecule has 0 radical (unpaired) electrons. The predicted octanol–water partition coefficient (Wildman–Crippen LogP) is 0.429. The number of aliphatic hydroxyl groups is 1. The SMILES string of the molecule is CC1CCCN(S(=O)(=O)C(C)CO)C1. The van der Waals surface area contributed by atoms with Crippen molar-refractivity contribution in [2.45, 2.75) is 31.9 Å². The molecule has 14 heavy (non-hydrogen) atoms. The second-order valence-electron chi connectivity index (χ2n) is 4.14. The van der Waals surface area contributed by atoms with Crippen molar-refractivity contribution in [3.8, 4) is 0 Å². The van der Waals surface area contributed by atoms with Gasteiger partial charge in [0.2, 0.25) is 10.0 Å². The zero-order valence-corrected chi connectivity index (χ0v) is 9.63. The van der Waals surface area contributed by atoms with E-state index >= 15 is 0 Å². The Balaban J connectivity index is 2.72. The largest absolute Gasteiger partial charge is 0.395 e. The summed E-state index contributed by atoms with van der Waals surface area (Å²) in [6.07, 6.45) is 2.03. The van der Waals surface area contributed by atoms with Gasteiger partial charge in [-0.2, -0.15) is 0 Å². The Bertz CT molecular complexity index is 276. The van der Waals surface area contributed by atoms with E-state index < -0.39 is 15.3 Å². The third kappa shape index (κ3) is 2.46. The van der Waals surface area contributed by atoms with Crippen LogP contribution in [0.1, 0.15) is 26.7 Å². The molecule has 0 aromatic carbocycles. The third-order valence-corrected chi connectivity index (χ3v) is 4.96. The molecular formula is C9H19NO3S. The molecule has 1 N–H and O–H groups in total. The fourth-order valence-corrected chi connectivity index (χ4v) is 3.27. The Hall–Kier alpha value is -0.130. The van der Waals surface area contributed by atoms with Gasteiger partial charge in [0, 0.05) is 13.1 Å². The van der Waals surface area contributed by atoms with Crippen LogP contribution in [0.4, 0.5) is 0 Å². The smallest absolute Gasteiger partial charge is 0.218 e. The molecular weight excluding hydrogens is 202 g/mol. The molecule has 1 saturated heterocycles. The number of nitrogens with zero attached hydrogens (tertiary/aromatic N) is 1. The van der Waals surface area contributed by atoms with Crippen LogP contribution in [-0.2, 0) is 10.0 Å². The van der Waals surface area contributed by atoms with Gasteiger partial charge in [-0.3, -0.25) is 0 Å². The maximum absolute atomic E-state index is 11.8. The van der Waals surface area contributed by atoms with Gasteiger partial charge in [0.25, 0.3) is 0 Å². The average molecular weight is 221 g/mol.